The predicted molar refractivity (Wildman–Crippen MR) is 46.9 cm³/mol. The highest BCUT2D eigenvalue weighted by Gasteiger charge is 1.96. The smallest absolute Gasteiger partial charge is 0.00362 e. The molecule has 0 aliphatic carbocycles. The summed E-state index contributed by atoms with van der Waals surface area (Å²) in [6.07, 6.45) is 7.88. The highest BCUT2D eigenvalue weighted by atomic mass is 14.6. The molecule has 0 aliphatic rings. The van der Waals surface area contributed by atoms with E-state index in [1.807, 2.05) is 6.08 Å². The highest BCUT2D eigenvalue weighted by molar-refractivity contribution is 4.66. The zero-order valence-corrected chi connectivity index (χ0v) is 6.97. The Kier molecular flexibility index (Phi) is 6.61. The number of unbranched alkanes of at least 4 members (excludes halogenated alkanes) is 2. The molecule has 2 N–H and O–H groups in total. The largest absolute Gasteiger partial charge is 0.328 e. The Balaban J connectivity index is 2.95. The molecule has 0 aromatic carbocycles. The average Bonchev–Trinajstić information content (AvgIpc) is 1.98. The molecule has 0 fully saturated rings. The molecule has 0 saturated carbocycles. The van der Waals surface area contributed by atoms with Crippen LogP contribution >= 0.6 is 0 Å². The molecule has 0 rings (SSSR count). The first-order chi connectivity index (χ1) is 4.81. The maximum absolute atomic E-state index is 5.73. The van der Waals surface area contributed by atoms with Crippen LogP contribution in [0.5, 0.6) is 0 Å². The molecule has 0 bridgehead atoms. The van der Waals surface area contributed by atoms with Crippen molar-refractivity contribution in [2.24, 2.45) is 5.73 Å². The lowest BCUT2D eigenvalue weighted by atomic mass is 10.1. The van der Waals surface area contributed by atoms with E-state index in [1.54, 1.807) is 0 Å². The molecular weight excluding hydrogens is 122 g/mol. The summed E-state index contributed by atoms with van der Waals surface area (Å²) in [6.45, 7) is 5.80. The van der Waals surface area contributed by atoms with Gasteiger partial charge in [-0.25, -0.2) is 0 Å². The second kappa shape index (κ2) is 6.81. The zero-order chi connectivity index (χ0) is 7.82. The van der Waals surface area contributed by atoms with E-state index in [-0.39, 0.29) is 0 Å². The topological polar surface area (TPSA) is 26.0 Å². The number of hydrogen-bond acceptors (Lipinski definition) is 1. The van der Waals surface area contributed by atoms with Crippen LogP contribution in [0.3, 0.4) is 0 Å². The molecule has 0 radical (unpaired) electrons. The van der Waals surface area contributed by atoms with E-state index in [0.717, 1.165) is 12.8 Å². The monoisotopic (exact) mass is 141 g/mol. The van der Waals surface area contributed by atoms with Crippen molar-refractivity contribution in [3.63, 3.8) is 0 Å². The van der Waals surface area contributed by atoms with Gasteiger partial charge in [-0.05, 0) is 25.7 Å². The second-order valence-corrected chi connectivity index (χ2v) is 2.74. The van der Waals surface area contributed by atoms with Gasteiger partial charge in [0.2, 0.25) is 0 Å². The summed E-state index contributed by atoms with van der Waals surface area (Å²) in [7, 11) is 0. The van der Waals surface area contributed by atoms with Gasteiger partial charge in [-0.3, -0.25) is 0 Å². The summed E-state index contributed by atoms with van der Waals surface area (Å²) < 4.78 is 0. The summed E-state index contributed by atoms with van der Waals surface area (Å²) in [5.41, 5.74) is 5.73. The van der Waals surface area contributed by atoms with Crippen molar-refractivity contribution < 1.29 is 0 Å². The van der Waals surface area contributed by atoms with E-state index < -0.39 is 0 Å². The predicted octanol–water partition coefficient (Wildman–Crippen LogP) is 2.47. The molecule has 0 spiro atoms. The molecule has 1 unspecified atom stereocenters. The van der Waals surface area contributed by atoms with Crippen LogP contribution in [0.4, 0.5) is 0 Å². The van der Waals surface area contributed by atoms with Crippen molar-refractivity contribution in [2.75, 3.05) is 0 Å². The molecule has 0 aromatic heterocycles. The van der Waals surface area contributed by atoms with Gasteiger partial charge >= 0.3 is 0 Å². The Bertz CT molecular complexity index is 78.8. The Labute approximate surface area is 64.3 Å². The van der Waals surface area contributed by atoms with E-state index in [1.165, 1.54) is 19.3 Å². The molecule has 0 aliphatic heterocycles. The van der Waals surface area contributed by atoms with Crippen molar-refractivity contribution in [1.29, 1.82) is 0 Å². The van der Waals surface area contributed by atoms with Crippen LogP contribution in [0.1, 0.15) is 39.0 Å². The average molecular weight is 141 g/mol. The lowest BCUT2D eigenvalue weighted by Crippen LogP contribution is -2.17. The molecule has 0 amide bonds. The van der Waals surface area contributed by atoms with Crippen molar-refractivity contribution >= 4 is 0 Å². The maximum Gasteiger partial charge on any atom is 0.00362 e. The third-order valence-electron chi connectivity index (χ3n) is 1.76. The summed E-state index contributed by atoms with van der Waals surface area (Å²) in [4.78, 5) is 0. The second-order valence-electron chi connectivity index (χ2n) is 2.74. The minimum absolute atomic E-state index is 0.421. The van der Waals surface area contributed by atoms with Crippen LogP contribution in [0.25, 0.3) is 0 Å². The molecular formula is C9H19N. The summed E-state index contributed by atoms with van der Waals surface area (Å²) in [6, 6.07) is 0.421. The van der Waals surface area contributed by atoms with Gasteiger partial charge in [0.1, 0.15) is 0 Å². The zero-order valence-electron chi connectivity index (χ0n) is 6.97. The lowest BCUT2D eigenvalue weighted by Gasteiger charge is -2.06. The van der Waals surface area contributed by atoms with E-state index in [0.29, 0.717) is 6.04 Å². The molecule has 1 atom stereocenters. The Morgan fingerprint density at radius 3 is 2.70 bits per heavy atom. The molecule has 1 nitrogen and oxygen atoms in total. The number of hydrogen-bond donors (Lipinski definition) is 1. The first kappa shape index (κ1) is 9.70. The Hall–Kier alpha value is -0.300. The molecule has 0 heterocycles. The molecule has 60 valence electrons. The van der Waals surface area contributed by atoms with Gasteiger partial charge in [0.15, 0.2) is 0 Å². The minimum atomic E-state index is 0.421. The molecule has 1 heteroatoms. The van der Waals surface area contributed by atoms with Crippen molar-refractivity contribution in [3.05, 3.63) is 12.7 Å². The van der Waals surface area contributed by atoms with Crippen LogP contribution in [0.2, 0.25) is 0 Å². The van der Waals surface area contributed by atoms with Crippen LogP contribution in [0, 0.1) is 0 Å². The first-order valence-corrected chi connectivity index (χ1v) is 4.17. The Morgan fingerprint density at radius 2 is 2.20 bits per heavy atom. The number of allylic oxidation sites excluding steroid dienone is 1. The maximum atomic E-state index is 5.73. The van der Waals surface area contributed by atoms with Crippen LogP contribution in [0.15, 0.2) is 12.7 Å². The van der Waals surface area contributed by atoms with Gasteiger partial charge in [0.25, 0.3) is 0 Å². The highest BCUT2D eigenvalue weighted by Crippen LogP contribution is 2.03. The molecule has 0 aromatic rings. The fraction of sp³-hybridized carbons (Fsp3) is 0.778. The Morgan fingerprint density at radius 1 is 1.50 bits per heavy atom. The van der Waals surface area contributed by atoms with Crippen molar-refractivity contribution in [1.82, 2.24) is 0 Å². The van der Waals surface area contributed by atoms with Crippen molar-refractivity contribution in [3.8, 4) is 0 Å². The van der Waals surface area contributed by atoms with Gasteiger partial charge in [-0.15, -0.1) is 6.58 Å². The molecule has 0 saturated heterocycles. The fourth-order valence-corrected chi connectivity index (χ4v) is 0.899. The van der Waals surface area contributed by atoms with Crippen LogP contribution in [-0.4, -0.2) is 6.04 Å². The lowest BCUT2D eigenvalue weighted by molar-refractivity contribution is 0.553. The third kappa shape index (κ3) is 5.83. The summed E-state index contributed by atoms with van der Waals surface area (Å²) in [5.74, 6) is 0. The molecule has 10 heavy (non-hydrogen) atoms. The van der Waals surface area contributed by atoms with Crippen LogP contribution < -0.4 is 5.73 Å². The van der Waals surface area contributed by atoms with Gasteiger partial charge < -0.3 is 5.73 Å². The van der Waals surface area contributed by atoms with Crippen molar-refractivity contribution in [2.45, 2.75) is 45.1 Å². The van der Waals surface area contributed by atoms with E-state index >= 15 is 0 Å². The minimum Gasteiger partial charge on any atom is -0.328 e. The van der Waals surface area contributed by atoms with Gasteiger partial charge in [0.05, 0.1) is 0 Å². The fourth-order valence-electron chi connectivity index (χ4n) is 0.899. The normalized spacial score (nSPS) is 13.0. The van der Waals surface area contributed by atoms with Gasteiger partial charge in [-0.2, -0.15) is 0 Å². The number of nitrogens with two attached hydrogens (primary N) is 1. The summed E-state index contributed by atoms with van der Waals surface area (Å²) >= 11 is 0. The van der Waals surface area contributed by atoms with Crippen LogP contribution in [-0.2, 0) is 0 Å². The standard InChI is InChI=1S/C9H19N/c1-3-5-6-7-8-9(10)4-2/h3,9H,1,4-8,10H2,2H3. The third-order valence-corrected chi connectivity index (χ3v) is 1.76. The van der Waals surface area contributed by atoms with E-state index in [9.17, 15) is 0 Å². The van der Waals surface area contributed by atoms with Gasteiger partial charge in [0, 0.05) is 6.04 Å². The quantitative estimate of drug-likeness (QED) is 0.446. The number of rotatable bonds is 6. The summed E-state index contributed by atoms with van der Waals surface area (Å²) in [5, 5.41) is 0. The SMILES string of the molecule is C=CCCCCC(N)CC. The van der Waals surface area contributed by atoms with E-state index in [2.05, 4.69) is 13.5 Å². The van der Waals surface area contributed by atoms with Gasteiger partial charge in [-0.1, -0.05) is 19.4 Å². The van der Waals surface area contributed by atoms with E-state index in [4.69, 9.17) is 5.73 Å². The first-order valence-electron chi connectivity index (χ1n) is 4.17.